The molecular formula is C27H29ClN4O3. The van der Waals surface area contributed by atoms with Crippen molar-refractivity contribution >= 4 is 28.9 Å². The molecule has 1 saturated heterocycles. The number of nitrogens with zero attached hydrogens (tertiary/aromatic N) is 1. The highest BCUT2D eigenvalue weighted by molar-refractivity contribution is 6.31. The SMILES string of the molecule is CCc1c(Cl)cccc1Nc1c(-c2ccncc2OCC[C@H]2CCO2)[nH]c2c1C(=O)NCC21CC1. The fourth-order valence-corrected chi connectivity index (χ4v) is 5.45. The minimum Gasteiger partial charge on any atom is -0.491 e. The normalized spacial score (nSPS) is 19.6. The summed E-state index contributed by atoms with van der Waals surface area (Å²) in [6.45, 7) is 4.12. The lowest BCUT2D eigenvalue weighted by atomic mass is 9.93. The van der Waals surface area contributed by atoms with E-state index >= 15 is 0 Å². The van der Waals surface area contributed by atoms with E-state index in [9.17, 15) is 4.79 Å². The maximum atomic E-state index is 13.2. The number of fused-ring (bicyclic) bond motifs is 2. The fraction of sp³-hybridized carbons (Fsp3) is 0.407. The number of aromatic amines is 1. The first-order valence-electron chi connectivity index (χ1n) is 12.4. The lowest BCUT2D eigenvalue weighted by molar-refractivity contribution is -0.0596. The number of carbonyl (C=O) groups is 1. The van der Waals surface area contributed by atoms with Crippen LogP contribution in [0.15, 0.2) is 36.7 Å². The molecule has 0 unspecified atom stereocenters. The molecule has 3 N–H and O–H groups in total. The van der Waals surface area contributed by atoms with Gasteiger partial charge in [-0.15, -0.1) is 0 Å². The van der Waals surface area contributed by atoms with Crippen LogP contribution in [0.1, 0.15) is 54.2 Å². The highest BCUT2D eigenvalue weighted by Gasteiger charge is 2.51. The summed E-state index contributed by atoms with van der Waals surface area (Å²) in [4.78, 5) is 21.1. The summed E-state index contributed by atoms with van der Waals surface area (Å²) < 4.78 is 11.7. The van der Waals surface area contributed by atoms with E-state index in [4.69, 9.17) is 21.1 Å². The Morgan fingerprint density at radius 3 is 2.91 bits per heavy atom. The lowest BCUT2D eigenvalue weighted by Gasteiger charge is -2.26. The van der Waals surface area contributed by atoms with Gasteiger partial charge in [-0.3, -0.25) is 9.78 Å². The molecule has 3 aliphatic rings. The molecule has 2 aromatic heterocycles. The number of H-pyrrole nitrogens is 1. The van der Waals surface area contributed by atoms with E-state index in [-0.39, 0.29) is 17.4 Å². The molecule has 1 aliphatic carbocycles. The molecule has 1 atom stereocenters. The Labute approximate surface area is 209 Å². The smallest absolute Gasteiger partial charge is 0.255 e. The van der Waals surface area contributed by atoms with E-state index < -0.39 is 0 Å². The summed E-state index contributed by atoms with van der Waals surface area (Å²) in [5.74, 6) is 0.613. The van der Waals surface area contributed by atoms with Gasteiger partial charge in [-0.2, -0.15) is 0 Å². The first-order valence-corrected chi connectivity index (χ1v) is 12.8. The number of hydrogen-bond donors (Lipinski definition) is 3. The number of amides is 1. The van der Waals surface area contributed by atoms with Crippen molar-refractivity contribution in [2.75, 3.05) is 25.1 Å². The van der Waals surface area contributed by atoms with Gasteiger partial charge in [-0.05, 0) is 49.4 Å². The summed E-state index contributed by atoms with van der Waals surface area (Å²) in [5.41, 5.74) is 6.02. The number of pyridine rings is 1. The molecular weight excluding hydrogens is 464 g/mol. The van der Waals surface area contributed by atoms with Crippen molar-refractivity contribution in [3.63, 3.8) is 0 Å². The zero-order valence-corrected chi connectivity index (χ0v) is 20.5. The number of carbonyl (C=O) groups excluding carboxylic acids is 1. The van der Waals surface area contributed by atoms with Gasteiger partial charge in [-0.1, -0.05) is 24.6 Å². The van der Waals surface area contributed by atoms with Crippen molar-refractivity contribution in [2.24, 2.45) is 0 Å². The molecule has 7 nitrogen and oxygen atoms in total. The standard InChI is InChI=1S/C27H29ClN4O3/c1-2-17-19(28)4-3-5-20(17)31-24-22-25(27(9-10-27)15-30-26(22)33)32-23(24)18-6-11-29-14-21(18)35-13-8-16-7-12-34-16/h3-6,11,14,16,31-32H,2,7-10,12-13,15H2,1H3,(H,30,33)/t16-/m1/s1. The van der Waals surface area contributed by atoms with Gasteiger partial charge < -0.3 is 25.1 Å². The Morgan fingerprint density at radius 2 is 2.17 bits per heavy atom. The third kappa shape index (κ3) is 3.96. The van der Waals surface area contributed by atoms with Crippen LogP contribution in [0.3, 0.4) is 0 Å². The van der Waals surface area contributed by atoms with E-state index in [1.165, 1.54) is 0 Å². The Kier molecular flexibility index (Phi) is 5.69. The van der Waals surface area contributed by atoms with Crippen LogP contribution in [0.5, 0.6) is 5.75 Å². The Bertz CT molecular complexity index is 1280. The zero-order chi connectivity index (χ0) is 24.0. The van der Waals surface area contributed by atoms with Crippen LogP contribution in [-0.2, 0) is 16.6 Å². The van der Waals surface area contributed by atoms with Gasteiger partial charge in [0.2, 0.25) is 0 Å². The lowest BCUT2D eigenvalue weighted by Crippen LogP contribution is -2.39. The highest BCUT2D eigenvalue weighted by atomic mass is 35.5. The van der Waals surface area contributed by atoms with Crippen LogP contribution < -0.4 is 15.4 Å². The predicted molar refractivity (Wildman–Crippen MR) is 136 cm³/mol. The maximum absolute atomic E-state index is 13.2. The molecule has 2 fully saturated rings. The van der Waals surface area contributed by atoms with E-state index in [2.05, 4.69) is 27.5 Å². The summed E-state index contributed by atoms with van der Waals surface area (Å²) in [5, 5.41) is 7.40. The summed E-state index contributed by atoms with van der Waals surface area (Å²) >= 11 is 6.51. The second kappa shape index (κ2) is 8.88. The second-order valence-corrected chi connectivity index (χ2v) is 10.0. The molecule has 1 amide bonds. The molecule has 1 spiro atoms. The molecule has 6 rings (SSSR count). The molecule has 3 aromatic rings. The van der Waals surface area contributed by atoms with Crippen molar-refractivity contribution in [3.05, 3.63) is 58.5 Å². The molecule has 2 aliphatic heterocycles. The van der Waals surface area contributed by atoms with Crippen molar-refractivity contribution in [2.45, 2.75) is 50.5 Å². The number of anilines is 2. The highest BCUT2D eigenvalue weighted by Crippen LogP contribution is 2.54. The first kappa shape index (κ1) is 22.4. The molecule has 182 valence electrons. The Balaban J connectivity index is 1.44. The van der Waals surface area contributed by atoms with E-state index in [0.29, 0.717) is 29.5 Å². The number of aromatic nitrogens is 2. The van der Waals surface area contributed by atoms with Crippen molar-refractivity contribution < 1.29 is 14.3 Å². The van der Waals surface area contributed by atoms with E-state index in [0.717, 1.165) is 72.6 Å². The Morgan fingerprint density at radius 1 is 1.31 bits per heavy atom. The van der Waals surface area contributed by atoms with Gasteiger partial charge in [-0.25, -0.2) is 0 Å². The average Bonchev–Trinajstić information content (AvgIpc) is 3.51. The van der Waals surface area contributed by atoms with Crippen LogP contribution in [0.25, 0.3) is 11.3 Å². The fourth-order valence-electron chi connectivity index (χ4n) is 5.14. The third-order valence-corrected chi connectivity index (χ3v) is 7.83. The Hall–Kier alpha value is -3.03. The van der Waals surface area contributed by atoms with Gasteiger partial charge in [0, 0.05) is 53.2 Å². The quantitative estimate of drug-likeness (QED) is 0.393. The molecule has 8 heteroatoms. The topological polar surface area (TPSA) is 88.3 Å². The number of nitrogens with one attached hydrogen (secondary N) is 3. The number of rotatable bonds is 8. The molecule has 0 bridgehead atoms. The molecule has 35 heavy (non-hydrogen) atoms. The first-order chi connectivity index (χ1) is 17.1. The molecule has 1 aromatic carbocycles. The number of benzene rings is 1. The monoisotopic (exact) mass is 492 g/mol. The van der Waals surface area contributed by atoms with Gasteiger partial charge in [0.1, 0.15) is 5.75 Å². The van der Waals surface area contributed by atoms with Crippen LogP contribution >= 0.6 is 11.6 Å². The number of hydrogen-bond acceptors (Lipinski definition) is 5. The molecule has 0 radical (unpaired) electrons. The van der Waals surface area contributed by atoms with Crippen molar-refractivity contribution in [1.82, 2.24) is 15.3 Å². The van der Waals surface area contributed by atoms with E-state index in [1.54, 1.807) is 12.4 Å². The van der Waals surface area contributed by atoms with Crippen molar-refractivity contribution in [3.8, 4) is 17.0 Å². The number of halogens is 1. The minimum absolute atomic E-state index is 0.0184. The van der Waals surface area contributed by atoms with Gasteiger partial charge in [0.25, 0.3) is 5.91 Å². The number of ether oxygens (including phenoxy) is 2. The van der Waals surface area contributed by atoms with Gasteiger partial charge in [0.05, 0.1) is 35.9 Å². The molecule has 4 heterocycles. The third-order valence-electron chi connectivity index (χ3n) is 7.47. The largest absolute Gasteiger partial charge is 0.491 e. The summed E-state index contributed by atoms with van der Waals surface area (Å²) in [6.07, 6.45) is 8.57. The van der Waals surface area contributed by atoms with Crippen LogP contribution in [-0.4, -0.2) is 41.7 Å². The average molecular weight is 493 g/mol. The summed E-state index contributed by atoms with van der Waals surface area (Å²) in [7, 11) is 0. The maximum Gasteiger partial charge on any atom is 0.255 e. The zero-order valence-electron chi connectivity index (χ0n) is 19.7. The van der Waals surface area contributed by atoms with Crippen LogP contribution in [0.4, 0.5) is 11.4 Å². The van der Waals surface area contributed by atoms with Crippen LogP contribution in [0.2, 0.25) is 5.02 Å². The second-order valence-electron chi connectivity index (χ2n) is 9.62. The predicted octanol–water partition coefficient (Wildman–Crippen LogP) is 5.37. The van der Waals surface area contributed by atoms with E-state index in [1.807, 2.05) is 24.3 Å². The molecule has 1 saturated carbocycles. The van der Waals surface area contributed by atoms with Gasteiger partial charge in [0.15, 0.2) is 0 Å². The van der Waals surface area contributed by atoms with Crippen LogP contribution in [0, 0.1) is 0 Å². The van der Waals surface area contributed by atoms with Gasteiger partial charge >= 0.3 is 0 Å². The van der Waals surface area contributed by atoms with Crippen molar-refractivity contribution in [1.29, 1.82) is 0 Å². The minimum atomic E-state index is -0.0683. The summed E-state index contributed by atoms with van der Waals surface area (Å²) in [6, 6.07) is 7.76.